The first-order valence-electron chi connectivity index (χ1n) is 5.03. The number of nitrogens with one attached hydrogen (secondary N) is 2. The average Bonchev–Trinajstić information content (AvgIpc) is 2.29. The molecule has 0 spiro atoms. The quantitative estimate of drug-likeness (QED) is 0.311. The zero-order valence-corrected chi connectivity index (χ0v) is 9.40. The molecule has 16 heavy (non-hydrogen) atoms. The molecule has 0 aliphatic heterocycles. The number of amides is 2. The van der Waals surface area contributed by atoms with Crippen LogP contribution in [0.3, 0.4) is 0 Å². The van der Waals surface area contributed by atoms with Gasteiger partial charge in [-0.3, -0.25) is 5.43 Å². The van der Waals surface area contributed by atoms with Crippen LogP contribution in [0.1, 0.15) is 30.9 Å². The van der Waals surface area contributed by atoms with Gasteiger partial charge in [-0.1, -0.05) is 38.1 Å². The van der Waals surface area contributed by atoms with Crippen LogP contribution in [0, 0.1) is 0 Å². The largest absolute Gasteiger partial charge is 0.349 e. The number of nitrogens with two attached hydrogens (primary N) is 1. The van der Waals surface area contributed by atoms with Crippen molar-refractivity contribution in [1.29, 1.82) is 0 Å². The van der Waals surface area contributed by atoms with Gasteiger partial charge < -0.3 is 0 Å². The van der Waals surface area contributed by atoms with E-state index >= 15 is 0 Å². The van der Waals surface area contributed by atoms with Gasteiger partial charge in [-0.05, 0) is 17.0 Å². The summed E-state index contributed by atoms with van der Waals surface area (Å²) < 4.78 is 0. The number of nitrogens with zero attached hydrogens (tertiary/aromatic N) is 1. The number of rotatable bonds is 3. The summed E-state index contributed by atoms with van der Waals surface area (Å²) in [5, 5.41) is 3.72. The van der Waals surface area contributed by atoms with Crippen molar-refractivity contribution in [2.45, 2.75) is 19.8 Å². The summed E-state index contributed by atoms with van der Waals surface area (Å²) in [6, 6.07) is 7.42. The molecule has 0 unspecified atom stereocenters. The Morgan fingerprint density at radius 1 is 1.38 bits per heavy atom. The normalized spacial score (nSPS) is 10.8. The highest BCUT2D eigenvalue weighted by atomic mass is 16.2. The molecule has 0 atom stereocenters. The van der Waals surface area contributed by atoms with Crippen molar-refractivity contribution in [3.63, 3.8) is 0 Å². The van der Waals surface area contributed by atoms with Crippen LogP contribution in [0.5, 0.6) is 0 Å². The molecule has 1 aromatic carbocycles. The molecule has 4 N–H and O–H groups in total. The smallest absolute Gasteiger partial charge is 0.274 e. The first-order valence-corrected chi connectivity index (χ1v) is 5.03. The van der Waals surface area contributed by atoms with Crippen LogP contribution < -0.4 is 16.7 Å². The van der Waals surface area contributed by atoms with Crippen LogP contribution in [-0.4, -0.2) is 12.2 Å². The van der Waals surface area contributed by atoms with Crippen molar-refractivity contribution in [3.05, 3.63) is 35.4 Å². The maximum atomic E-state index is 10.7. The summed E-state index contributed by atoms with van der Waals surface area (Å²) in [5.41, 5.74) is 6.31. The number of carbonyl (C=O) groups excluding carboxylic acids is 1. The Bertz CT molecular complexity index is 370. The molecule has 0 aliphatic rings. The third-order valence-corrected chi connectivity index (χ3v) is 2.11. The summed E-state index contributed by atoms with van der Waals surface area (Å²) in [7, 11) is 0. The molecule has 0 fully saturated rings. The van der Waals surface area contributed by atoms with E-state index in [1.165, 1.54) is 5.56 Å². The summed E-state index contributed by atoms with van der Waals surface area (Å²) in [4.78, 5) is 10.7. The van der Waals surface area contributed by atoms with Gasteiger partial charge in [0.2, 0.25) is 0 Å². The minimum Gasteiger partial charge on any atom is -0.274 e. The molecule has 0 saturated carbocycles. The lowest BCUT2D eigenvalue weighted by molar-refractivity contribution is 0.241. The molecule has 0 bridgehead atoms. The number of hydrogen-bond acceptors (Lipinski definition) is 3. The van der Waals surface area contributed by atoms with E-state index in [-0.39, 0.29) is 0 Å². The predicted octanol–water partition coefficient (Wildman–Crippen LogP) is 1.32. The zero-order valence-electron chi connectivity index (χ0n) is 9.40. The molecule has 0 saturated heterocycles. The monoisotopic (exact) mass is 220 g/mol. The number of benzene rings is 1. The fourth-order valence-corrected chi connectivity index (χ4v) is 1.16. The minimum atomic E-state index is -0.546. The van der Waals surface area contributed by atoms with Crippen LogP contribution in [0.25, 0.3) is 0 Å². The average molecular weight is 220 g/mol. The summed E-state index contributed by atoms with van der Waals surface area (Å²) in [5.74, 6) is 5.38. The summed E-state index contributed by atoms with van der Waals surface area (Å²) in [6.07, 6.45) is 1.55. The molecule has 1 aromatic rings. The lowest BCUT2D eigenvalue weighted by Gasteiger charge is -2.04. The molecule has 1 rings (SSSR count). The lowest BCUT2D eigenvalue weighted by Crippen LogP contribution is -2.37. The van der Waals surface area contributed by atoms with E-state index in [0.29, 0.717) is 5.92 Å². The fraction of sp³-hybridized carbons (Fsp3) is 0.273. The van der Waals surface area contributed by atoms with E-state index in [1.54, 1.807) is 6.21 Å². The summed E-state index contributed by atoms with van der Waals surface area (Å²) in [6.45, 7) is 4.27. The standard InChI is InChI=1S/C11H16N4O/c1-8(2)10-5-3-9(4-6-10)7-13-15-11(16)14-12/h3-8H,12H2,1-2H3,(H2,14,15,16)/b13-7+. The van der Waals surface area contributed by atoms with Gasteiger partial charge in [-0.2, -0.15) is 5.10 Å². The van der Waals surface area contributed by atoms with Gasteiger partial charge in [0, 0.05) is 0 Å². The van der Waals surface area contributed by atoms with Gasteiger partial charge in [0.1, 0.15) is 0 Å². The maximum Gasteiger partial charge on any atom is 0.349 e. The van der Waals surface area contributed by atoms with Gasteiger partial charge in [-0.25, -0.2) is 16.1 Å². The van der Waals surface area contributed by atoms with Gasteiger partial charge in [0.25, 0.3) is 0 Å². The molecular formula is C11H16N4O. The Hall–Kier alpha value is -1.88. The van der Waals surface area contributed by atoms with Crippen LogP contribution >= 0.6 is 0 Å². The van der Waals surface area contributed by atoms with E-state index < -0.39 is 6.03 Å². The van der Waals surface area contributed by atoms with Crippen molar-refractivity contribution < 1.29 is 4.79 Å². The Morgan fingerprint density at radius 3 is 2.50 bits per heavy atom. The predicted molar refractivity (Wildman–Crippen MR) is 64.0 cm³/mol. The molecule has 0 aromatic heterocycles. The van der Waals surface area contributed by atoms with E-state index in [9.17, 15) is 4.79 Å². The Labute approximate surface area is 94.7 Å². The van der Waals surface area contributed by atoms with Crippen molar-refractivity contribution >= 4 is 12.2 Å². The second kappa shape index (κ2) is 5.87. The number of carbonyl (C=O) groups is 1. The van der Waals surface area contributed by atoms with Gasteiger partial charge in [0.05, 0.1) is 6.21 Å². The fourth-order valence-electron chi connectivity index (χ4n) is 1.16. The minimum absolute atomic E-state index is 0.507. The van der Waals surface area contributed by atoms with E-state index in [2.05, 4.69) is 24.4 Å². The SMILES string of the molecule is CC(C)c1ccc(/C=N/NC(=O)NN)cc1. The van der Waals surface area contributed by atoms with Crippen molar-refractivity contribution in [3.8, 4) is 0 Å². The third kappa shape index (κ3) is 3.70. The first kappa shape index (κ1) is 12.2. The number of urea groups is 1. The molecule has 2 amide bonds. The Kier molecular flexibility index (Phi) is 4.47. The van der Waals surface area contributed by atoms with Crippen LogP contribution in [0.15, 0.2) is 29.4 Å². The second-order valence-corrected chi connectivity index (χ2v) is 3.66. The van der Waals surface area contributed by atoms with Crippen LogP contribution in [0.4, 0.5) is 4.79 Å². The van der Waals surface area contributed by atoms with Gasteiger partial charge >= 0.3 is 6.03 Å². The molecule has 5 heteroatoms. The van der Waals surface area contributed by atoms with Crippen molar-refractivity contribution in [1.82, 2.24) is 10.9 Å². The maximum absolute atomic E-state index is 10.7. The molecule has 0 heterocycles. The van der Waals surface area contributed by atoms with E-state index in [0.717, 1.165) is 5.56 Å². The van der Waals surface area contributed by atoms with Gasteiger partial charge in [-0.15, -0.1) is 0 Å². The summed E-state index contributed by atoms with van der Waals surface area (Å²) >= 11 is 0. The Morgan fingerprint density at radius 2 is 2.00 bits per heavy atom. The van der Waals surface area contributed by atoms with E-state index in [4.69, 9.17) is 5.84 Å². The van der Waals surface area contributed by atoms with Crippen molar-refractivity contribution in [2.24, 2.45) is 10.9 Å². The third-order valence-electron chi connectivity index (χ3n) is 2.11. The number of hydrogen-bond donors (Lipinski definition) is 3. The molecule has 0 aliphatic carbocycles. The van der Waals surface area contributed by atoms with E-state index in [1.807, 2.05) is 29.7 Å². The first-order chi connectivity index (χ1) is 7.63. The highest BCUT2D eigenvalue weighted by Crippen LogP contribution is 2.13. The molecule has 5 nitrogen and oxygen atoms in total. The Balaban J connectivity index is 2.58. The molecule has 0 radical (unpaired) electrons. The second-order valence-electron chi connectivity index (χ2n) is 3.66. The molecular weight excluding hydrogens is 204 g/mol. The van der Waals surface area contributed by atoms with Crippen molar-refractivity contribution in [2.75, 3.05) is 0 Å². The zero-order chi connectivity index (χ0) is 12.0. The molecule has 86 valence electrons. The number of hydrazone groups is 1. The number of hydrazine groups is 1. The highest BCUT2D eigenvalue weighted by Gasteiger charge is 1.97. The highest BCUT2D eigenvalue weighted by molar-refractivity contribution is 5.81. The van der Waals surface area contributed by atoms with Crippen LogP contribution in [-0.2, 0) is 0 Å². The van der Waals surface area contributed by atoms with Gasteiger partial charge in [0.15, 0.2) is 0 Å². The topological polar surface area (TPSA) is 79.5 Å². The van der Waals surface area contributed by atoms with Crippen LogP contribution in [0.2, 0.25) is 0 Å². The lowest BCUT2D eigenvalue weighted by atomic mass is 10.0.